The highest BCUT2D eigenvalue weighted by atomic mass is 16.5. The molecular weight excluding hydrogens is 304 g/mol. The fraction of sp³-hybridized carbons (Fsp3) is 0.316. The lowest BCUT2D eigenvalue weighted by atomic mass is 10.1. The SMILES string of the molecule is COc1ccc2c(c1)CCCCN2Cc1ccc(C(=O)NO)cc1. The first-order chi connectivity index (χ1) is 11.7. The zero-order valence-electron chi connectivity index (χ0n) is 13.8. The smallest absolute Gasteiger partial charge is 0.274 e. The van der Waals surface area contributed by atoms with Crippen LogP contribution in [0.25, 0.3) is 0 Å². The minimum absolute atomic E-state index is 0.447. The Hall–Kier alpha value is -2.53. The number of amides is 1. The number of nitrogens with zero attached hydrogens (tertiary/aromatic N) is 1. The van der Waals surface area contributed by atoms with Crippen molar-refractivity contribution in [2.45, 2.75) is 25.8 Å². The van der Waals surface area contributed by atoms with Gasteiger partial charge in [-0.05, 0) is 60.7 Å². The summed E-state index contributed by atoms with van der Waals surface area (Å²) in [5.74, 6) is 0.406. The molecule has 0 spiro atoms. The minimum atomic E-state index is -0.492. The molecule has 5 nitrogen and oxygen atoms in total. The number of ether oxygens (including phenoxy) is 1. The third-order valence-electron chi connectivity index (χ3n) is 4.44. The second-order valence-corrected chi connectivity index (χ2v) is 6.01. The summed E-state index contributed by atoms with van der Waals surface area (Å²) >= 11 is 0. The molecule has 2 N–H and O–H groups in total. The van der Waals surface area contributed by atoms with E-state index in [2.05, 4.69) is 17.0 Å². The van der Waals surface area contributed by atoms with Gasteiger partial charge in [-0.15, -0.1) is 0 Å². The highest BCUT2D eigenvalue weighted by Crippen LogP contribution is 2.30. The molecular formula is C19H22N2O3. The second kappa shape index (κ2) is 7.36. The molecule has 0 bridgehead atoms. The van der Waals surface area contributed by atoms with Crippen LogP contribution in [-0.4, -0.2) is 24.8 Å². The Bertz CT molecular complexity index is 713. The van der Waals surface area contributed by atoms with E-state index in [4.69, 9.17) is 9.94 Å². The highest BCUT2D eigenvalue weighted by molar-refractivity contribution is 5.93. The zero-order chi connectivity index (χ0) is 16.9. The molecule has 0 saturated heterocycles. The summed E-state index contributed by atoms with van der Waals surface area (Å²) in [5.41, 5.74) is 5.81. The van der Waals surface area contributed by atoms with E-state index >= 15 is 0 Å². The number of aryl methyl sites for hydroxylation is 1. The summed E-state index contributed by atoms with van der Waals surface area (Å²) in [6.07, 6.45) is 3.40. The molecule has 1 heterocycles. The van der Waals surface area contributed by atoms with Crippen molar-refractivity contribution < 1.29 is 14.7 Å². The summed E-state index contributed by atoms with van der Waals surface area (Å²) in [5, 5.41) is 8.68. The fourth-order valence-electron chi connectivity index (χ4n) is 3.15. The topological polar surface area (TPSA) is 61.8 Å². The predicted octanol–water partition coefficient (Wildman–Crippen LogP) is 3.16. The number of carbonyl (C=O) groups is 1. The first kappa shape index (κ1) is 16.3. The van der Waals surface area contributed by atoms with Gasteiger partial charge in [-0.1, -0.05) is 12.1 Å². The normalized spacial score (nSPS) is 13.8. The molecule has 2 aromatic carbocycles. The van der Waals surface area contributed by atoms with Gasteiger partial charge in [0.1, 0.15) is 5.75 Å². The highest BCUT2D eigenvalue weighted by Gasteiger charge is 2.16. The van der Waals surface area contributed by atoms with Gasteiger partial charge in [0, 0.05) is 24.3 Å². The van der Waals surface area contributed by atoms with E-state index in [1.807, 2.05) is 18.2 Å². The van der Waals surface area contributed by atoms with E-state index in [1.165, 1.54) is 17.7 Å². The number of rotatable bonds is 4. The van der Waals surface area contributed by atoms with Crippen LogP contribution in [0.4, 0.5) is 5.69 Å². The number of benzene rings is 2. The van der Waals surface area contributed by atoms with E-state index < -0.39 is 5.91 Å². The Morgan fingerprint density at radius 1 is 1.21 bits per heavy atom. The maximum Gasteiger partial charge on any atom is 0.274 e. The number of methoxy groups -OCH3 is 1. The third-order valence-corrected chi connectivity index (χ3v) is 4.44. The third kappa shape index (κ3) is 3.51. The number of hydrogen-bond acceptors (Lipinski definition) is 4. The van der Waals surface area contributed by atoms with Crippen molar-refractivity contribution in [3.05, 3.63) is 59.2 Å². The van der Waals surface area contributed by atoms with Crippen molar-refractivity contribution in [1.29, 1.82) is 0 Å². The number of hydroxylamine groups is 1. The summed E-state index contributed by atoms with van der Waals surface area (Å²) in [6, 6.07) is 13.6. The number of carbonyl (C=O) groups excluding carboxylic acids is 1. The van der Waals surface area contributed by atoms with Crippen LogP contribution in [-0.2, 0) is 13.0 Å². The molecule has 126 valence electrons. The minimum Gasteiger partial charge on any atom is -0.497 e. The van der Waals surface area contributed by atoms with Gasteiger partial charge in [0.25, 0.3) is 5.91 Å². The van der Waals surface area contributed by atoms with Crippen molar-refractivity contribution >= 4 is 11.6 Å². The van der Waals surface area contributed by atoms with Crippen molar-refractivity contribution in [3.8, 4) is 5.75 Å². The summed E-state index contributed by atoms with van der Waals surface area (Å²) in [4.78, 5) is 13.8. The molecule has 1 amide bonds. The summed E-state index contributed by atoms with van der Waals surface area (Å²) < 4.78 is 5.34. The van der Waals surface area contributed by atoms with E-state index in [0.717, 1.165) is 37.2 Å². The molecule has 3 rings (SSSR count). The monoisotopic (exact) mass is 326 g/mol. The van der Waals surface area contributed by atoms with Crippen LogP contribution >= 0.6 is 0 Å². The van der Waals surface area contributed by atoms with Gasteiger partial charge in [-0.25, -0.2) is 5.48 Å². The Balaban J connectivity index is 1.81. The molecule has 2 aromatic rings. The molecule has 0 aromatic heterocycles. The number of fused-ring (bicyclic) bond motifs is 1. The molecule has 0 fully saturated rings. The van der Waals surface area contributed by atoms with Gasteiger partial charge in [-0.3, -0.25) is 10.0 Å². The average Bonchev–Trinajstić information content (AvgIpc) is 2.83. The lowest BCUT2D eigenvalue weighted by molar-refractivity contribution is 0.0706. The average molecular weight is 326 g/mol. The lowest BCUT2D eigenvalue weighted by Gasteiger charge is -2.25. The molecule has 0 unspecified atom stereocenters. The fourth-order valence-corrected chi connectivity index (χ4v) is 3.15. The summed E-state index contributed by atoms with van der Waals surface area (Å²) in [6.45, 7) is 1.80. The number of hydrogen-bond donors (Lipinski definition) is 2. The molecule has 0 aliphatic carbocycles. The van der Waals surface area contributed by atoms with Crippen LogP contribution < -0.4 is 15.1 Å². The van der Waals surface area contributed by atoms with E-state index in [9.17, 15) is 4.79 Å². The molecule has 0 atom stereocenters. The van der Waals surface area contributed by atoms with Gasteiger partial charge in [0.2, 0.25) is 0 Å². The van der Waals surface area contributed by atoms with E-state index in [0.29, 0.717) is 5.56 Å². The van der Waals surface area contributed by atoms with Crippen LogP contribution in [0.3, 0.4) is 0 Å². The summed E-state index contributed by atoms with van der Waals surface area (Å²) in [7, 11) is 1.69. The molecule has 0 radical (unpaired) electrons. The molecule has 0 saturated carbocycles. The van der Waals surface area contributed by atoms with E-state index in [1.54, 1.807) is 24.7 Å². The van der Waals surface area contributed by atoms with E-state index in [-0.39, 0.29) is 0 Å². The van der Waals surface area contributed by atoms with Gasteiger partial charge in [0.15, 0.2) is 0 Å². The maximum absolute atomic E-state index is 11.4. The van der Waals surface area contributed by atoms with Gasteiger partial charge >= 0.3 is 0 Å². The second-order valence-electron chi connectivity index (χ2n) is 6.01. The van der Waals surface area contributed by atoms with Crippen LogP contribution in [0.2, 0.25) is 0 Å². The first-order valence-electron chi connectivity index (χ1n) is 8.16. The van der Waals surface area contributed by atoms with Crippen molar-refractivity contribution in [2.75, 3.05) is 18.6 Å². The molecule has 5 heteroatoms. The van der Waals surface area contributed by atoms with Crippen LogP contribution in [0.5, 0.6) is 5.75 Å². The molecule has 24 heavy (non-hydrogen) atoms. The molecule has 1 aliphatic heterocycles. The quantitative estimate of drug-likeness (QED) is 0.669. The van der Waals surface area contributed by atoms with Crippen LogP contribution in [0.15, 0.2) is 42.5 Å². The van der Waals surface area contributed by atoms with Crippen molar-refractivity contribution in [3.63, 3.8) is 0 Å². The van der Waals surface area contributed by atoms with Gasteiger partial charge in [-0.2, -0.15) is 0 Å². The predicted molar refractivity (Wildman–Crippen MR) is 92.7 cm³/mol. The maximum atomic E-state index is 11.4. The van der Waals surface area contributed by atoms with Crippen molar-refractivity contribution in [1.82, 2.24) is 5.48 Å². The first-order valence-corrected chi connectivity index (χ1v) is 8.16. The van der Waals surface area contributed by atoms with Gasteiger partial charge in [0.05, 0.1) is 7.11 Å². The van der Waals surface area contributed by atoms with Gasteiger partial charge < -0.3 is 9.64 Å². The lowest BCUT2D eigenvalue weighted by Crippen LogP contribution is -2.23. The molecule has 1 aliphatic rings. The Morgan fingerprint density at radius 3 is 2.71 bits per heavy atom. The van der Waals surface area contributed by atoms with Crippen LogP contribution in [0.1, 0.15) is 34.3 Å². The Kier molecular flexibility index (Phi) is 5.01. The van der Waals surface area contributed by atoms with Crippen LogP contribution in [0, 0.1) is 0 Å². The standard InChI is InChI=1S/C19H22N2O3/c1-24-17-9-10-18-16(12-17)4-2-3-11-21(18)13-14-5-7-15(8-6-14)19(22)20-23/h5-10,12,23H,2-4,11,13H2,1H3,(H,20,22). The Labute approximate surface area is 141 Å². The Morgan fingerprint density at radius 2 is 2.00 bits per heavy atom. The van der Waals surface area contributed by atoms with Crippen molar-refractivity contribution in [2.24, 2.45) is 0 Å². The largest absolute Gasteiger partial charge is 0.497 e. The number of nitrogens with one attached hydrogen (secondary N) is 1. The number of anilines is 1. The zero-order valence-corrected chi connectivity index (χ0v) is 13.8.